The number of nitrogens with one attached hydrogen (secondary N) is 1. The number of hydrogen-bond acceptors (Lipinski definition) is 5. The molecule has 0 bridgehead atoms. The van der Waals surface area contributed by atoms with Crippen LogP contribution in [0.1, 0.15) is 50.2 Å². The van der Waals surface area contributed by atoms with Crippen molar-refractivity contribution in [1.82, 2.24) is 14.8 Å². The third-order valence-electron chi connectivity index (χ3n) is 6.10. The van der Waals surface area contributed by atoms with Crippen LogP contribution in [0.2, 0.25) is 10.0 Å². The first-order valence-corrected chi connectivity index (χ1v) is 11.5. The lowest BCUT2D eigenvalue weighted by molar-refractivity contribution is -0.127. The summed E-state index contributed by atoms with van der Waals surface area (Å²) in [5, 5.41) is 4.14. The quantitative estimate of drug-likeness (QED) is 0.498. The number of ketones is 1. The number of aromatic amines is 1. The van der Waals surface area contributed by atoms with Crippen molar-refractivity contribution in [3.63, 3.8) is 0 Å². The van der Waals surface area contributed by atoms with Gasteiger partial charge in [0.05, 0.1) is 21.1 Å². The zero-order chi connectivity index (χ0) is 23.8. The van der Waals surface area contributed by atoms with E-state index in [0.717, 1.165) is 47.7 Å². The third-order valence-corrected chi connectivity index (χ3v) is 6.66. The van der Waals surface area contributed by atoms with E-state index < -0.39 is 16.7 Å². The van der Waals surface area contributed by atoms with Gasteiger partial charge in [-0.15, -0.1) is 0 Å². The molecule has 3 aromatic rings. The number of H-pyrrole nitrogens is 1. The van der Waals surface area contributed by atoms with E-state index in [0.29, 0.717) is 12.2 Å². The number of Topliss-reactive ketones (excluding diaryl/α,β-unsaturated/α-hetero) is 1. The van der Waals surface area contributed by atoms with E-state index >= 15 is 0 Å². The van der Waals surface area contributed by atoms with Gasteiger partial charge in [0.2, 0.25) is 0 Å². The van der Waals surface area contributed by atoms with E-state index in [-0.39, 0.29) is 27.3 Å². The summed E-state index contributed by atoms with van der Waals surface area (Å²) < 4.78 is 7.02. The number of benzene rings is 2. The number of carbonyl (C=O) groups excluding carboxylic acids is 1. The Morgan fingerprint density at radius 1 is 1.18 bits per heavy atom. The second-order valence-electron chi connectivity index (χ2n) is 8.28. The molecule has 1 fully saturated rings. The standard InChI is InChI=1S/C24H23Cl2N3O4/c1-3-5-20(30)24(8-4-9-24)17-12-16(7-6-14(17)2)33-22-18(25)10-15(11-19(22)26)29-23(32)28-21(31)13-27-29/h6-7,10-13H,3-5,8-9H2,1-2H3,(H,28,31,32). The number of rotatable bonds is 7. The van der Waals surface area contributed by atoms with Crippen LogP contribution in [0.3, 0.4) is 0 Å². The monoisotopic (exact) mass is 487 g/mol. The summed E-state index contributed by atoms with van der Waals surface area (Å²) in [4.78, 5) is 38.4. The first-order valence-electron chi connectivity index (χ1n) is 10.8. The molecule has 33 heavy (non-hydrogen) atoms. The maximum Gasteiger partial charge on any atom is 0.349 e. The second-order valence-corrected chi connectivity index (χ2v) is 9.09. The van der Waals surface area contributed by atoms with E-state index in [4.69, 9.17) is 27.9 Å². The number of aryl methyl sites for hydroxylation is 1. The molecule has 0 spiro atoms. The summed E-state index contributed by atoms with van der Waals surface area (Å²) in [5.41, 5.74) is 0.537. The largest absolute Gasteiger partial charge is 0.454 e. The fourth-order valence-corrected chi connectivity index (χ4v) is 4.85. The highest BCUT2D eigenvalue weighted by molar-refractivity contribution is 6.37. The Kier molecular flexibility index (Phi) is 6.45. The minimum absolute atomic E-state index is 0.167. The van der Waals surface area contributed by atoms with Crippen LogP contribution in [0.4, 0.5) is 0 Å². The molecule has 0 atom stereocenters. The smallest absolute Gasteiger partial charge is 0.349 e. The predicted molar refractivity (Wildman–Crippen MR) is 127 cm³/mol. The van der Waals surface area contributed by atoms with Gasteiger partial charge in [-0.1, -0.05) is 42.6 Å². The van der Waals surface area contributed by atoms with Crippen LogP contribution >= 0.6 is 23.2 Å². The Labute approximate surface area is 200 Å². The van der Waals surface area contributed by atoms with Gasteiger partial charge in [0, 0.05) is 6.42 Å². The molecule has 7 nitrogen and oxygen atoms in total. The molecular weight excluding hydrogens is 465 g/mol. The molecule has 4 rings (SSSR count). The van der Waals surface area contributed by atoms with Crippen LogP contribution < -0.4 is 16.0 Å². The summed E-state index contributed by atoms with van der Waals surface area (Å²) in [6, 6.07) is 8.59. The van der Waals surface area contributed by atoms with Crippen molar-refractivity contribution in [1.29, 1.82) is 0 Å². The first kappa shape index (κ1) is 23.3. The van der Waals surface area contributed by atoms with Gasteiger partial charge in [-0.2, -0.15) is 9.78 Å². The van der Waals surface area contributed by atoms with Crippen molar-refractivity contribution in [2.24, 2.45) is 0 Å². The third kappa shape index (κ3) is 4.35. The zero-order valence-corrected chi connectivity index (χ0v) is 19.8. The first-order chi connectivity index (χ1) is 15.7. The molecule has 172 valence electrons. The van der Waals surface area contributed by atoms with E-state index in [1.807, 2.05) is 32.0 Å². The fraction of sp³-hybridized carbons (Fsp3) is 0.333. The number of nitrogens with zero attached hydrogens (tertiary/aromatic N) is 2. The molecule has 1 heterocycles. The normalized spacial score (nSPS) is 14.5. The number of hydrogen-bond donors (Lipinski definition) is 1. The molecule has 1 aliphatic carbocycles. The molecule has 9 heteroatoms. The van der Waals surface area contributed by atoms with E-state index in [2.05, 4.69) is 10.1 Å². The summed E-state index contributed by atoms with van der Waals surface area (Å²) in [5.74, 6) is 1.01. The van der Waals surface area contributed by atoms with Gasteiger partial charge in [-0.25, -0.2) is 4.79 Å². The zero-order valence-electron chi connectivity index (χ0n) is 18.3. The highest BCUT2D eigenvalue weighted by Crippen LogP contribution is 2.48. The van der Waals surface area contributed by atoms with Crippen LogP contribution in [0.5, 0.6) is 11.5 Å². The molecule has 1 saturated carbocycles. The number of carbonyl (C=O) groups is 1. The number of halogens is 2. The Bertz CT molecular complexity index is 1320. The Balaban J connectivity index is 1.69. The summed E-state index contributed by atoms with van der Waals surface area (Å²) in [6.07, 6.45) is 5.07. The van der Waals surface area contributed by atoms with Crippen LogP contribution in [0, 0.1) is 6.92 Å². The summed E-state index contributed by atoms with van der Waals surface area (Å²) in [7, 11) is 0. The fourth-order valence-electron chi connectivity index (χ4n) is 4.30. The number of ether oxygens (including phenoxy) is 1. The van der Waals surface area contributed by atoms with Crippen molar-refractivity contribution in [2.75, 3.05) is 0 Å². The average molecular weight is 488 g/mol. The molecular formula is C24H23Cl2N3O4. The molecule has 2 aromatic carbocycles. The van der Waals surface area contributed by atoms with Gasteiger partial charge >= 0.3 is 5.69 Å². The van der Waals surface area contributed by atoms with Gasteiger partial charge in [-0.3, -0.25) is 14.6 Å². The summed E-state index contributed by atoms with van der Waals surface area (Å²) >= 11 is 12.9. The minimum atomic E-state index is -0.714. The van der Waals surface area contributed by atoms with E-state index in [9.17, 15) is 14.4 Å². The van der Waals surface area contributed by atoms with Gasteiger partial charge in [0.1, 0.15) is 17.7 Å². The van der Waals surface area contributed by atoms with Gasteiger partial charge < -0.3 is 4.74 Å². The molecule has 0 amide bonds. The SMILES string of the molecule is CCCC(=O)C1(c2cc(Oc3c(Cl)cc(-n4ncc(=O)[nH]c4=O)cc3Cl)ccc2C)CCC1. The Hall–Kier alpha value is -2.90. The second kappa shape index (κ2) is 9.15. The van der Waals surface area contributed by atoms with Crippen molar-refractivity contribution < 1.29 is 9.53 Å². The minimum Gasteiger partial charge on any atom is -0.454 e. The van der Waals surface area contributed by atoms with Gasteiger partial charge in [-0.05, 0) is 61.6 Å². The highest BCUT2D eigenvalue weighted by Gasteiger charge is 2.45. The van der Waals surface area contributed by atoms with Crippen LogP contribution in [-0.4, -0.2) is 20.5 Å². The maximum absolute atomic E-state index is 13.0. The summed E-state index contributed by atoms with van der Waals surface area (Å²) in [6.45, 7) is 4.02. The average Bonchev–Trinajstić information content (AvgIpc) is 2.72. The maximum atomic E-state index is 13.0. The van der Waals surface area contributed by atoms with Gasteiger partial charge in [0.25, 0.3) is 5.56 Å². The Morgan fingerprint density at radius 3 is 2.45 bits per heavy atom. The molecule has 1 aliphatic rings. The van der Waals surface area contributed by atoms with Crippen molar-refractivity contribution >= 4 is 29.0 Å². The van der Waals surface area contributed by atoms with Gasteiger partial charge in [0.15, 0.2) is 5.75 Å². The highest BCUT2D eigenvalue weighted by atomic mass is 35.5. The van der Waals surface area contributed by atoms with E-state index in [1.165, 1.54) is 12.1 Å². The molecule has 1 aromatic heterocycles. The van der Waals surface area contributed by atoms with Crippen LogP contribution in [-0.2, 0) is 10.2 Å². The van der Waals surface area contributed by atoms with E-state index in [1.54, 1.807) is 0 Å². The van der Waals surface area contributed by atoms with Crippen LogP contribution in [0.25, 0.3) is 5.69 Å². The molecule has 0 unspecified atom stereocenters. The molecule has 0 saturated heterocycles. The molecule has 0 aliphatic heterocycles. The van der Waals surface area contributed by atoms with Crippen molar-refractivity contribution in [3.8, 4) is 17.2 Å². The number of aromatic nitrogens is 3. The lowest BCUT2D eigenvalue weighted by atomic mass is 9.60. The topological polar surface area (TPSA) is 94.1 Å². The lowest BCUT2D eigenvalue weighted by Crippen LogP contribution is -2.42. The predicted octanol–water partition coefficient (Wildman–Crippen LogP) is 5.12. The van der Waals surface area contributed by atoms with Crippen molar-refractivity contribution in [2.45, 2.75) is 51.4 Å². The molecule has 0 radical (unpaired) electrons. The van der Waals surface area contributed by atoms with Crippen LogP contribution in [0.15, 0.2) is 46.1 Å². The lowest BCUT2D eigenvalue weighted by Gasteiger charge is -2.42. The molecule has 1 N–H and O–H groups in total. The van der Waals surface area contributed by atoms with Crippen molar-refractivity contribution in [3.05, 3.63) is 78.5 Å². The Morgan fingerprint density at radius 2 is 1.88 bits per heavy atom.